The first-order valence-electron chi connectivity index (χ1n) is 10.0. The van der Waals surface area contributed by atoms with Gasteiger partial charge in [-0.05, 0) is 38.9 Å². The number of rotatable bonds is 7. The van der Waals surface area contributed by atoms with Gasteiger partial charge in [0, 0.05) is 25.2 Å². The Morgan fingerprint density at radius 3 is 2.87 bits per heavy atom. The number of hydrogen-bond acceptors (Lipinski definition) is 7. The summed E-state index contributed by atoms with van der Waals surface area (Å²) in [5, 5.41) is 6.77. The number of nitrogens with zero attached hydrogens (tertiary/aromatic N) is 5. The van der Waals surface area contributed by atoms with E-state index in [2.05, 4.69) is 27.4 Å². The molecule has 4 aromatic rings. The molecule has 1 atom stereocenters. The first kappa shape index (κ1) is 20.0. The van der Waals surface area contributed by atoms with Crippen LogP contribution in [0.4, 0.5) is 0 Å². The third-order valence-corrected chi connectivity index (χ3v) is 5.30. The Morgan fingerprint density at radius 1 is 1.30 bits per heavy atom. The molecular weight excluding hydrogens is 382 g/mol. The fourth-order valence-corrected chi connectivity index (χ4v) is 3.76. The van der Waals surface area contributed by atoms with Crippen LogP contribution in [0, 0.1) is 13.8 Å². The molecule has 3 N–H and O–H groups in total. The third kappa shape index (κ3) is 3.52. The molecule has 9 heteroatoms. The minimum atomic E-state index is -0.197. The van der Waals surface area contributed by atoms with Crippen molar-refractivity contribution in [1.82, 2.24) is 30.0 Å². The van der Waals surface area contributed by atoms with E-state index in [-0.39, 0.29) is 11.8 Å². The van der Waals surface area contributed by atoms with Crippen molar-refractivity contribution in [1.29, 1.82) is 0 Å². The highest BCUT2D eigenvalue weighted by molar-refractivity contribution is 6.01. The van der Waals surface area contributed by atoms with Crippen LogP contribution >= 0.6 is 0 Å². The number of carbonyl (C=O) groups excluding carboxylic acids is 1. The van der Waals surface area contributed by atoms with Crippen LogP contribution in [0.25, 0.3) is 22.1 Å². The number of hydrogen-bond donors (Lipinski definition) is 2. The number of aryl methyl sites for hydroxylation is 2. The van der Waals surface area contributed by atoms with Crippen LogP contribution in [0.2, 0.25) is 0 Å². The van der Waals surface area contributed by atoms with Crippen LogP contribution in [0.3, 0.4) is 0 Å². The maximum absolute atomic E-state index is 12.5. The third-order valence-electron chi connectivity index (χ3n) is 5.30. The van der Waals surface area contributed by atoms with Crippen molar-refractivity contribution in [3.63, 3.8) is 0 Å². The van der Waals surface area contributed by atoms with Crippen molar-refractivity contribution < 1.29 is 9.32 Å². The minimum Gasteiger partial charge on any atom is -0.361 e. The van der Waals surface area contributed by atoms with Gasteiger partial charge in [0.05, 0.1) is 28.7 Å². The number of imidazole rings is 1. The molecule has 156 valence electrons. The van der Waals surface area contributed by atoms with Gasteiger partial charge >= 0.3 is 0 Å². The Hall–Kier alpha value is -3.33. The molecule has 0 radical (unpaired) electrons. The monoisotopic (exact) mass is 407 g/mol. The number of nitrogens with one attached hydrogen (secondary N) is 1. The van der Waals surface area contributed by atoms with Crippen LogP contribution < -0.4 is 11.1 Å². The van der Waals surface area contributed by atoms with Crippen LogP contribution in [-0.2, 0) is 6.54 Å². The number of carbonyl (C=O) groups is 1. The van der Waals surface area contributed by atoms with Crippen molar-refractivity contribution in [2.24, 2.45) is 5.73 Å². The zero-order valence-corrected chi connectivity index (χ0v) is 17.3. The molecular formula is C21H25N7O2. The molecule has 1 unspecified atom stereocenters. The van der Waals surface area contributed by atoms with E-state index >= 15 is 0 Å². The topological polar surface area (TPSA) is 125 Å². The maximum Gasteiger partial charge on any atom is 0.256 e. The minimum absolute atomic E-state index is 0.185. The summed E-state index contributed by atoms with van der Waals surface area (Å²) in [6.07, 6.45) is 4.36. The van der Waals surface area contributed by atoms with Gasteiger partial charge in [-0.1, -0.05) is 12.1 Å². The summed E-state index contributed by atoms with van der Waals surface area (Å²) in [5.41, 5.74) is 11.1. The van der Waals surface area contributed by atoms with E-state index in [1.54, 1.807) is 26.4 Å². The number of nitrogens with two attached hydrogens (primary N) is 1. The molecule has 4 heterocycles. The Bertz CT molecular complexity index is 1190. The van der Waals surface area contributed by atoms with Gasteiger partial charge in [0.25, 0.3) is 5.91 Å². The molecule has 1 amide bonds. The molecule has 4 aromatic heterocycles. The largest absolute Gasteiger partial charge is 0.361 e. The van der Waals surface area contributed by atoms with Gasteiger partial charge in [0.2, 0.25) is 0 Å². The first-order valence-corrected chi connectivity index (χ1v) is 10.0. The molecule has 0 aliphatic rings. The van der Waals surface area contributed by atoms with E-state index in [0.29, 0.717) is 36.7 Å². The molecule has 0 bridgehead atoms. The molecule has 4 rings (SSSR count). The zero-order chi connectivity index (χ0) is 21.3. The first-order chi connectivity index (χ1) is 14.5. The van der Waals surface area contributed by atoms with Crippen LogP contribution in [0.5, 0.6) is 0 Å². The standard InChI is InChI=1S/C21H25N7O2/c1-12(6-7-22)17-19-20(18-15(26-17)5-4-8-23-18)28(11-25-19)10-9-24-21(29)16-13(2)27-30-14(16)3/h4-5,8,11-12H,6-7,9-10,22H2,1-3H3,(H,24,29). The van der Waals surface area contributed by atoms with E-state index < -0.39 is 0 Å². The van der Waals surface area contributed by atoms with E-state index in [9.17, 15) is 4.79 Å². The highest BCUT2D eigenvalue weighted by Crippen LogP contribution is 2.29. The van der Waals surface area contributed by atoms with Gasteiger partial charge in [-0.15, -0.1) is 0 Å². The highest BCUT2D eigenvalue weighted by atomic mass is 16.5. The number of pyridine rings is 2. The average molecular weight is 407 g/mol. The van der Waals surface area contributed by atoms with Gasteiger partial charge in [0.1, 0.15) is 22.4 Å². The van der Waals surface area contributed by atoms with Gasteiger partial charge in [-0.3, -0.25) is 9.78 Å². The molecule has 0 aromatic carbocycles. The van der Waals surface area contributed by atoms with Crippen molar-refractivity contribution in [3.8, 4) is 0 Å². The van der Waals surface area contributed by atoms with Crippen molar-refractivity contribution in [3.05, 3.63) is 47.4 Å². The Morgan fingerprint density at radius 2 is 2.13 bits per heavy atom. The molecule has 0 aliphatic carbocycles. The summed E-state index contributed by atoms with van der Waals surface area (Å²) in [5.74, 6) is 0.500. The molecule has 30 heavy (non-hydrogen) atoms. The van der Waals surface area contributed by atoms with Gasteiger partial charge in [-0.25, -0.2) is 9.97 Å². The van der Waals surface area contributed by atoms with Gasteiger partial charge in [0.15, 0.2) is 0 Å². The quantitative estimate of drug-likeness (QED) is 0.482. The second-order valence-corrected chi connectivity index (χ2v) is 7.44. The lowest BCUT2D eigenvalue weighted by molar-refractivity contribution is 0.0950. The van der Waals surface area contributed by atoms with Crippen molar-refractivity contribution in [2.45, 2.75) is 39.7 Å². The molecule has 0 saturated heterocycles. The lowest BCUT2D eigenvalue weighted by atomic mass is 10.0. The summed E-state index contributed by atoms with van der Waals surface area (Å²) >= 11 is 0. The normalized spacial score (nSPS) is 12.5. The lowest BCUT2D eigenvalue weighted by Gasteiger charge is -2.13. The summed E-state index contributed by atoms with van der Waals surface area (Å²) in [7, 11) is 0. The average Bonchev–Trinajstić information content (AvgIpc) is 3.31. The second kappa shape index (κ2) is 8.19. The molecule has 0 aliphatic heterocycles. The maximum atomic E-state index is 12.5. The van der Waals surface area contributed by atoms with Crippen molar-refractivity contribution >= 4 is 28.0 Å². The van der Waals surface area contributed by atoms with Crippen molar-refractivity contribution in [2.75, 3.05) is 13.1 Å². The second-order valence-electron chi connectivity index (χ2n) is 7.44. The Kier molecular flexibility index (Phi) is 5.45. The zero-order valence-electron chi connectivity index (χ0n) is 17.3. The highest BCUT2D eigenvalue weighted by Gasteiger charge is 2.20. The predicted molar refractivity (Wildman–Crippen MR) is 113 cm³/mol. The summed E-state index contributed by atoms with van der Waals surface area (Å²) < 4.78 is 7.09. The molecule has 9 nitrogen and oxygen atoms in total. The summed E-state index contributed by atoms with van der Waals surface area (Å²) in [6.45, 7) is 7.16. The van der Waals surface area contributed by atoms with Gasteiger partial charge < -0.3 is 20.1 Å². The number of aromatic nitrogens is 5. The lowest BCUT2D eigenvalue weighted by Crippen LogP contribution is -2.27. The van der Waals surface area contributed by atoms with Gasteiger partial charge in [-0.2, -0.15) is 0 Å². The van der Waals surface area contributed by atoms with Crippen LogP contribution in [0.15, 0.2) is 29.2 Å². The Balaban J connectivity index is 1.64. The van der Waals surface area contributed by atoms with E-state index in [0.717, 1.165) is 34.2 Å². The SMILES string of the molecule is Cc1noc(C)c1C(=O)NCCn1cnc2c(C(C)CCN)nc3cccnc3c21. The fourth-order valence-electron chi connectivity index (χ4n) is 3.76. The summed E-state index contributed by atoms with van der Waals surface area (Å²) in [6, 6.07) is 3.83. The molecule has 0 fully saturated rings. The van der Waals surface area contributed by atoms with E-state index in [1.807, 2.05) is 16.7 Å². The Labute approximate surface area is 173 Å². The number of amides is 1. The van der Waals surface area contributed by atoms with E-state index in [1.165, 1.54) is 0 Å². The number of fused-ring (bicyclic) bond motifs is 3. The van der Waals surface area contributed by atoms with Crippen LogP contribution in [0.1, 0.15) is 46.8 Å². The summed E-state index contributed by atoms with van der Waals surface area (Å²) in [4.78, 5) is 26.5. The van der Waals surface area contributed by atoms with Crippen LogP contribution in [-0.4, -0.2) is 43.7 Å². The molecule has 0 spiro atoms. The smallest absolute Gasteiger partial charge is 0.256 e. The predicted octanol–water partition coefficient (Wildman–Crippen LogP) is 2.47. The fraction of sp³-hybridized carbons (Fsp3) is 0.381. The van der Waals surface area contributed by atoms with E-state index in [4.69, 9.17) is 15.2 Å². The molecule has 0 saturated carbocycles.